The molecule has 0 spiro atoms. The van der Waals surface area contributed by atoms with Crippen molar-refractivity contribution in [2.24, 2.45) is 5.73 Å². The Hall–Kier alpha value is -1.22. The third-order valence-corrected chi connectivity index (χ3v) is 2.62. The lowest BCUT2D eigenvalue weighted by molar-refractivity contribution is 0.410. The average molecular weight is 222 g/mol. The van der Waals surface area contributed by atoms with Crippen molar-refractivity contribution in [3.05, 3.63) is 23.8 Å². The molecule has 0 radical (unpaired) electrons. The second kappa shape index (κ2) is 7.12. The summed E-state index contributed by atoms with van der Waals surface area (Å²) in [7, 11) is 1.71. The van der Waals surface area contributed by atoms with Crippen LogP contribution in [0.25, 0.3) is 0 Å². The molecule has 1 aromatic rings. The van der Waals surface area contributed by atoms with Gasteiger partial charge in [0, 0.05) is 12.2 Å². The number of hydrogen-bond donors (Lipinski definition) is 2. The first-order chi connectivity index (χ1) is 7.81. The number of ether oxygens (including phenoxy) is 1. The number of benzene rings is 1. The summed E-state index contributed by atoms with van der Waals surface area (Å²) in [6.45, 7) is 3.88. The smallest absolute Gasteiger partial charge is 0.122 e. The van der Waals surface area contributed by atoms with E-state index in [9.17, 15) is 0 Å². The first kappa shape index (κ1) is 12.8. The summed E-state index contributed by atoms with van der Waals surface area (Å²) >= 11 is 0. The molecule has 3 N–H and O–H groups in total. The second-order valence-electron chi connectivity index (χ2n) is 3.80. The third-order valence-electron chi connectivity index (χ3n) is 2.62. The molecule has 1 rings (SSSR count). The number of hydrogen-bond acceptors (Lipinski definition) is 3. The van der Waals surface area contributed by atoms with E-state index in [2.05, 4.69) is 24.4 Å². The van der Waals surface area contributed by atoms with Gasteiger partial charge < -0.3 is 15.8 Å². The first-order valence-corrected chi connectivity index (χ1v) is 5.92. The second-order valence-corrected chi connectivity index (χ2v) is 3.80. The standard InChI is InChI=1S/C13H22N2O/c1-3-11-10-12(6-7-13(11)16-2)15-9-5-4-8-14/h6-7,10,15H,3-5,8-9,14H2,1-2H3. The molecule has 0 bridgehead atoms. The molecule has 0 atom stereocenters. The minimum Gasteiger partial charge on any atom is -0.496 e. The molecule has 0 aliphatic heterocycles. The van der Waals surface area contributed by atoms with E-state index in [-0.39, 0.29) is 0 Å². The van der Waals surface area contributed by atoms with Crippen LogP contribution in [-0.2, 0) is 6.42 Å². The summed E-state index contributed by atoms with van der Waals surface area (Å²) in [5.74, 6) is 0.968. The molecule has 0 heterocycles. The quantitative estimate of drug-likeness (QED) is 0.696. The van der Waals surface area contributed by atoms with Crippen LogP contribution >= 0.6 is 0 Å². The summed E-state index contributed by atoms with van der Waals surface area (Å²) in [5, 5.41) is 3.39. The van der Waals surface area contributed by atoms with Crippen LogP contribution in [0.2, 0.25) is 0 Å². The molecule has 0 fully saturated rings. The van der Waals surface area contributed by atoms with Crippen molar-refractivity contribution in [2.45, 2.75) is 26.2 Å². The van der Waals surface area contributed by atoms with Gasteiger partial charge in [0.2, 0.25) is 0 Å². The minimum atomic E-state index is 0.768. The Morgan fingerprint density at radius 2 is 2.12 bits per heavy atom. The SMILES string of the molecule is CCc1cc(NCCCCN)ccc1OC. The van der Waals surface area contributed by atoms with Crippen LogP contribution in [0.15, 0.2) is 18.2 Å². The van der Waals surface area contributed by atoms with E-state index in [1.165, 1.54) is 5.56 Å². The molecule has 0 aromatic heterocycles. The Bertz CT molecular complexity index is 313. The molecular formula is C13H22N2O. The summed E-state index contributed by atoms with van der Waals surface area (Å²) < 4.78 is 5.29. The van der Waals surface area contributed by atoms with Crippen LogP contribution < -0.4 is 15.8 Å². The van der Waals surface area contributed by atoms with Crippen molar-refractivity contribution in [3.8, 4) is 5.75 Å². The molecule has 3 nitrogen and oxygen atoms in total. The van der Waals surface area contributed by atoms with Gasteiger partial charge in [0.1, 0.15) is 5.75 Å². The molecule has 0 unspecified atom stereocenters. The maximum atomic E-state index is 5.45. The third kappa shape index (κ3) is 3.74. The fourth-order valence-electron chi connectivity index (χ4n) is 1.67. The lowest BCUT2D eigenvalue weighted by Crippen LogP contribution is -2.06. The zero-order valence-electron chi connectivity index (χ0n) is 10.3. The summed E-state index contributed by atoms with van der Waals surface area (Å²) in [5.41, 5.74) is 7.85. The van der Waals surface area contributed by atoms with Gasteiger partial charge in [-0.25, -0.2) is 0 Å². The number of rotatable bonds is 7. The maximum Gasteiger partial charge on any atom is 0.122 e. The molecule has 3 heteroatoms. The van der Waals surface area contributed by atoms with Crippen LogP contribution in [0.5, 0.6) is 5.75 Å². The highest BCUT2D eigenvalue weighted by Crippen LogP contribution is 2.22. The predicted molar refractivity (Wildman–Crippen MR) is 69.2 cm³/mol. The monoisotopic (exact) mass is 222 g/mol. The van der Waals surface area contributed by atoms with Crippen LogP contribution in [0.3, 0.4) is 0 Å². The highest BCUT2D eigenvalue weighted by Gasteiger charge is 2.01. The predicted octanol–water partition coefficient (Wildman–Crippen LogP) is 2.41. The highest BCUT2D eigenvalue weighted by molar-refractivity contribution is 5.51. The van der Waals surface area contributed by atoms with Gasteiger partial charge in [-0.05, 0) is 49.6 Å². The topological polar surface area (TPSA) is 47.3 Å². The van der Waals surface area contributed by atoms with E-state index in [4.69, 9.17) is 10.5 Å². The van der Waals surface area contributed by atoms with Crippen LogP contribution in [0, 0.1) is 0 Å². The van der Waals surface area contributed by atoms with Crippen molar-refractivity contribution in [3.63, 3.8) is 0 Å². The van der Waals surface area contributed by atoms with Crippen molar-refractivity contribution in [1.29, 1.82) is 0 Å². The molecule has 0 saturated heterocycles. The lowest BCUT2D eigenvalue weighted by Gasteiger charge is -2.11. The van der Waals surface area contributed by atoms with Crippen LogP contribution in [-0.4, -0.2) is 20.2 Å². The van der Waals surface area contributed by atoms with Crippen LogP contribution in [0.4, 0.5) is 5.69 Å². The fourth-order valence-corrected chi connectivity index (χ4v) is 1.67. The van der Waals surface area contributed by atoms with Crippen molar-refractivity contribution in [2.75, 3.05) is 25.5 Å². The van der Waals surface area contributed by atoms with Gasteiger partial charge in [0.25, 0.3) is 0 Å². The Kier molecular flexibility index (Phi) is 5.72. The molecule has 0 aliphatic carbocycles. The number of methoxy groups -OCH3 is 1. The van der Waals surface area contributed by atoms with E-state index >= 15 is 0 Å². The lowest BCUT2D eigenvalue weighted by atomic mass is 10.1. The molecule has 1 aromatic carbocycles. The van der Waals surface area contributed by atoms with Gasteiger partial charge in [-0.3, -0.25) is 0 Å². The molecular weight excluding hydrogens is 200 g/mol. The van der Waals surface area contributed by atoms with Gasteiger partial charge in [-0.1, -0.05) is 6.92 Å². The zero-order chi connectivity index (χ0) is 11.8. The Balaban J connectivity index is 2.54. The maximum absolute atomic E-state index is 5.45. The minimum absolute atomic E-state index is 0.768. The Morgan fingerprint density at radius 1 is 1.31 bits per heavy atom. The van der Waals surface area contributed by atoms with Gasteiger partial charge in [-0.15, -0.1) is 0 Å². The van der Waals surface area contributed by atoms with Gasteiger partial charge in [0.15, 0.2) is 0 Å². The van der Waals surface area contributed by atoms with Crippen molar-refractivity contribution < 1.29 is 4.74 Å². The Morgan fingerprint density at radius 3 is 2.75 bits per heavy atom. The number of nitrogens with two attached hydrogens (primary N) is 1. The molecule has 0 saturated carbocycles. The zero-order valence-corrected chi connectivity index (χ0v) is 10.3. The summed E-state index contributed by atoms with van der Waals surface area (Å²) in [6.07, 6.45) is 3.18. The number of unbranched alkanes of at least 4 members (excludes halogenated alkanes) is 1. The van der Waals surface area contributed by atoms with E-state index in [0.29, 0.717) is 0 Å². The number of nitrogens with one attached hydrogen (secondary N) is 1. The first-order valence-electron chi connectivity index (χ1n) is 5.92. The molecule has 0 amide bonds. The number of anilines is 1. The van der Waals surface area contributed by atoms with E-state index in [1.54, 1.807) is 7.11 Å². The van der Waals surface area contributed by atoms with Crippen molar-refractivity contribution in [1.82, 2.24) is 0 Å². The van der Waals surface area contributed by atoms with E-state index < -0.39 is 0 Å². The van der Waals surface area contributed by atoms with Gasteiger partial charge in [0.05, 0.1) is 7.11 Å². The summed E-state index contributed by atoms with van der Waals surface area (Å²) in [6, 6.07) is 6.23. The largest absolute Gasteiger partial charge is 0.496 e. The number of aryl methyl sites for hydroxylation is 1. The average Bonchev–Trinajstić information content (AvgIpc) is 2.34. The molecule has 16 heavy (non-hydrogen) atoms. The molecule has 0 aliphatic rings. The van der Waals surface area contributed by atoms with E-state index in [0.717, 1.165) is 43.8 Å². The van der Waals surface area contributed by atoms with Crippen molar-refractivity contribution >= 4 is 5.69 Å². The Labute approximate surface area is 98.0 Å². The van der Waals surface area contributed by atoms with Gasteiger partial charge >= 0.3 is 0 Å². The normalized spacial score (nSPS) is 10.2. The summed E-state index contributed by atoms with van der Waals surface area (Å²) in [4.78, 5) is 0. The molecule has 90 valence electrons. The van der Waals surface area contributed by atoms with Crippen LogP contribution in [0.1, 0.15) is 25.3 Å². The van der Waals surface area contributed by atoms with Gasteiger partial charge in [-0.2, -0.15) is 0 Å². The fraction of sp³-hybridized carbons (Fsp3) is 0.538. The van der Waals surface area contributed by atoms with E-state index in [1.807, 2.05) is 6.07 Å². The highest BCUT2D eigenvalue weighted by atomic mass is 16.5.